The second-order valence-electron chi connectivity index (χ2n) is 7.28. The van der Waals surface area contributed by atoms with E-state index < -0.39 is 10.0 Å². The van der Waals surface area contributed by atoms with Crippen LogP contribution < -0.4 is 10.1 Å². The van der Waals surface area contributed by atoms with Crippen LogP contribution in [0.1, 0.15) is 37.3 Å². The number of sulfonamides is 1. The fraction of sp³-hybridized carbons (Fsp3) is 0.409. The van der Waals surface area contributed by atoms with Crippen molar-refractivity contribution in [3.05, 3.63) is 53.6 Å². The molecule has 0 aromatic heterocycles. The van der Waals surface area contributed by atoms with Crippen molar-refractivity contribution in [1.82, 2.24) is 4.31 Å². The summed E-state index contributed by atoms with van der Waals surface area (Å²) in [7, 11) is -3.48. The van der Waals surface area contributed by atoms with Crippen LogP contribution in [0.15, 0.2) is 47.4 Å². The van der Waals surface area contributed by atoms with Crippen molar-refractivity contribution in [2.45, 2.75) is 44.4 Å². The molecule has 156 valence electrons. The van der Waals surface area contributed by atoms with E-state index in [1.807, 2.05) is 24.3 Å². The normalized spacial score (nSPS) is 15.1. The summed E-state index contributed by atoms with van der Waals surface area (Å²) < 4.78 is 32.7. The maximum atomic E-state index is 12.8. The zero-order chi connectivity index (χ0) is 20.9. The Kier molecular flexibility index (Phi) is 6.92. The molecular weight excluding hydrogens is 388 g/mol. The van der Waals surface area contributed by atoms with Gasteiger partial charge in [0.1, 0.15) is 5.75 Å². The first-order valence-corrected chi connectivity index (χ1v) is 11.5. The summed E-state index contributed by atoms with van der Waals surface area (Å²) in [6.45, 7) is 4.85. The first-order chi connectivity index (χ1) is 13.9. The number of nitrogens with zero attached hydrogens (tertiary/aromatic N) is 1. The monoisotopic (exact) mass is 416 g/mol. The van der Waals surface area contributed by atoms with E-state index in [-0.39, 0.29) is 17.4 Å². The predicted molar refractivity (Wildman–Crippen MR) is 114 cm³/mol. The van der Waals surface area contributed by atoms with E-state index in [4.69, 9.17) is 4.74 Å². The Hall–Kier alpha value is -2.38. The lowest BCUT2D eigenvalue weighted by atomic mass is 10.1. The van der Waals surface area contributed by atoms with Crippen LogP contribution in [0.2, 0.25) is 0 Å². The van der Waals surface area contributed by atoms with Gasteiger partial charge in [0.05, 0.1) is 4.90 Å². The van der Waals surface area contributed by atoms with Gasteiger partial charge >= 0.3 is 0 Å². The predicted octanol–water partition coefficient (Wildman–Crippen LogP) is 3.75. The molecule has 1 N–H and O–H groups in total. The van der Waals surface area contributed by atoms with Gasteiger partial charge in [-0.1, -0.05) is 25.5 Å². The van der Waals surface area contributed by atoms with E-state index in [2.05, 4.69) is 12.2 Å². The molecule has 29 heavy (non-hydrogen) atoms. The zero-order valence-corrected chi connectivity index (χ0v) is 17.8. The number of ether oxygens (including phenoxy) is 1. The molecule has 7 heteroatoms. The average molecular weight is 417 g/mol. The number of amides is 1. The maximum Gasteiger partial charge on any atom is 0.262 e. The first kappa shape index (κ1) is 21.3. The summed E-state index contributed by atoms with van der Waals surface area (Å²) in [4.78, 5) is 12.4. The van der Waals surface area contributed by atoms with E-state index in [0.29, 0.717) is 24.4 Å². The fourth-order valence-electron chi connectivity index (χ4n) is 3.36. The molecule has 0 unspecified atom stereocenters. The number of hydrogen-bond acceptors (Lipinski definition) is 4. The van der Waals surface area contributed by atoms with Crippen molar-refractivity contribution >= 4 is 21.6 Å². The van der Waals surface area contributed by atoms with E-state index in [1.54, 1.807) is 29.4 Å². The summed E-state index contributed by atoms with van der Waals surface area (Å²) in [6, 6.07) is 12.5. The standard InChI is InChI=1S/C22H28N2O4S/c1-3-18-7-9-19(10-8-18)23-22(25)16-28-21-12-11-20(15-17(21)2)29(26,27)24-13-5-4-6-14-24/h7-12,15H,3-6,13-14,16H2,1-2H3,(H,23,25). The van der Waals surface area contributed by atoms with Crippen LogP contribution in [0.3, 0.4) is 0 Å². The number of carbonyl (C=O) groups excluding carboxylic acids is 1. The number of rotatable bonds is 7. The van der Waals surface area contributed by atoms with Crippen molar-refractivity contribution in [3.8, 4) is 5.75 Å². The molecule has 1 aliphatic rings. The van der Waals surface area contributed by atoms with Gasteiger partial charge in [0.2, 0.25) is 10.0 Å². The maximum absolute atomic E-state index is 12.8. The average Bonchev–Trinajstić information content (AvgIpc) is 2.74. The van der Waals surface area contributed by atoms with E-state index in [9.17, 15) is 13.2 Å². The molecule has 1 heterocycles. The number of anilines is 1. The van der Waals surface area contributed by atoms with Gasteiger partial charge < -0.3 is 10.1 Å². The van der Waals surface area contributed by atoms with Crippen LogP contribution in [-0.4, -0.2) is 38.3 Å². The van der Waals surface area contributed by atoms with Crippen LogP contribution >= 0.6 is 0 Å². The quantitative estimate of drug-likeness (QED) is 0.746. The van der Waals surface area contributed by atoms with Gasteiger partial charge in [-0.25, -0.2) is 8.42 Å². The number of benzene rings is 2. The highest BCUT2D eigenvalue weighted by atomic mass is 32.2. The smallest absolute Gasteiger partial charge is 0.262 e. The first-order valence-electron chi connectivity index (χ1n) is 10.0. The van der Waals surface area contributed by atoms with Crippen LogP contribution in [0.5, 0.6) is 5.75 Å². The molecule has 0 bridgehead atoms. The molecule has 1 amide bonds. The number of hydrogen-bond donors (Lipinski definition) is 1. The van der Waals surface area contributed by atoms with Gasteiger partial charge in [0.15, 0.2) is 6.61 Å². The Morgan fingerprint density at radius 1 is 1.07 bits per heavy atom. The summed E-state index contributed by atoms with van der Waals surface area (Å²) in [5.74, 6) is 0.234. The Labute approximate surface area is 172 Å². The Bertz CT molecular complexity index is 949. The van der Waals surface area contributed by atoms with Gasteiger partial charge in [0, 0.05) is 18.8 Å². The number of aryl methyl sites for hydroxylation is 2. The van der Waals surface area contributed by atoms with Gasteiger partial charge in [-0.2, -0.15) is 4.31 Å². The molecule has 6 nitrogen and oxygen atoms in total. The lowest BCUT2D eigenvalue weighted by molar-refractivity contribution is -0.118. The molecule has 2 aromatic rings. The highest BCUT2D eigenvalue weighted by Crippen LogP contribution is 2.26. The van der Waals surface area contributed by atoms with E-state index in [1.165, 1.54) is 5.56 Å². The van der Waals surface area contributed by atoms with Gasteiger partial charge in [-0.3, -0.25) is 4.79 Å². The molecule has 2 aromatic carbocycles. The Morgan fingerprint density at radius 3 is 2.38 bits per heavy atom. The molecule has 0 saturated carbocycles. The van der Waals surface area contributed by atoms with Gasteiger partial charge in [-0.15, -0.1) is 0 Å². The van der Waals surface area contributed by atoms with Crippen molar-refractivity contribution in [2.75, 3.05) is 25.0 Å². The SMILES string of the molecule is CCc1ccc(NC(=O)COc2ccc(S(=O)(=O)N3CCCCC3)cc2C)cc1. The lowest BCUT2D eigenvalue weighted by Crippen LogP contribution is -2.35. The molecule has 3 rings (SSSR count). The Morgan fingerprint density at radius 2 is 1.76 bits per heavy atom. The Balaban J connectivity index is 1.60. The minimum atomic E-state index is -3.48. The zero-order valence-electron chi connectivity index (χ0n) is 17.0. The molecule has 0 aliphatic carbocycles. The van der Waals surface area contributed by atoms with Gasteiger partial charge in [-0.05, 0) is 67.6 Å². The highest BCUT2D eigenvalue weighted by Gasteiger charge is 2.26. The molecule has 0 spiro atoms. The van der Waals surface area contributed by atoms with E-state index in [0.717, 1.165) is 31.4 Å². The fourth-order valence-corrected chi connectivity index (χ4v) is 4.97. The van der Waals surface area contributed by atoms with Crippen molar-refractivity contribution in [2.24, 2.45) is 0 Å². The summed E-state index contributed by atoms with van der Waals surface area (Å²) >= 11 is 0. The van der Waals surface area contributed by atoms with Crippen LogP contribution in [0, 0.1) is 6.92 Å². The minimum Gasteiger partial charge on any atom is -0.483 e. The number of piperidine rings is 1. The third kappa shape index (κ3) is 5.36. The van der Waals surface area contributed by atoms with Crippen molar-refractivity contribution in [3.63, 3.8) is 0 Å². The molecule has 1 saturated heterocycles. The number of nitrogens with one attached hydrogen (secondary N) is 1. The van der Waals surface area contributed by atoms with Crippen LogP contribution in [0.25, 0.3) is 0 Å². The highest BCUT2D eigenvalue weighted by molar-refractivity contribution is 7.89. The molecule has 0 radical (unpaired) electrons. The van der Waals surface area contributed by atoms with Crippen LogP contribution in [0.4, 0.5) is 5.69 Å². The second-order valence-corrected chi connectivity index (χ2v) is 9.22. The summed E-state index contributed by atoms with van der Waals surface area (Å²) in [5, 5.41) is 2.80. The number of carbonyl (C=O) groups is 1. The molecule has 1 aliphatic heterocycles. The lowest BCUT2D eigenvalue weighted by Gasteiger charge is -2.26. The van der Waals surface area contributed by atoms with Gasteiger partial charge in [0.25, 0.3) is 5.91 Å². The third-order valence-electron chi connectivity index (χ3n) is 5.10. The molecule has 0 atom stereocenters. The molecular formula is C22H28N2O4S. The second kappa shape index (κ2) is 9.41. The largest absolute Gasteiger partial charge is 0.483 e. The topological polar surface area (TPSA) is 75.7 Å². The van der Waals surface area contributed by atoms with E-state index >= 15 is 0 Å². The van der Waals surface area contributed by atoms with Crippen molar-refractivity contribution in [1.29, 1.82) is 0 Å². The molecule has 1 fully saturated rings. The summed E-state index contributed by atoms with van der Waals surface area (Å²) in [6.07, 6.45) is 3.81. The summed E-state index contributed by atoms with van der Waals surface area (Å²) in [5.41, 5.74) is 2.60. The third-order valence-corrected chi connectivity index (χ3v) is 7.00. The van der Waals surface area contributed by atoms with Crippen molar-refractivity contribution < 1.29 is 17.9 Å². The van der Waals surface area contributed by atoms with Crippen LogP contribution in [-0.2, 0) is 21.2 Å². The minimum absolute atomic E-state index is 0.144.